The number of nitrogens with zero attached hydrogens (tertiary/aromatic N) is 3. The fourth-order valence-electron chi connectivity index (χ4n) is 7.53. The molecule has 2 aromatic heterocycles. The van der Waals surface area contributed by atoms with Crippen LogP contribution in [0.15, 0.2) is 36.5 Å². The third-order valence-electron chi connectivity index (χ3n) is 10.8. The summed E-state index contributed by atoms with van der Waals surface area (Å²) >= 11 is 0. The number of aromatic nitrogens is 4. The van der Waals surface area contributed by atoms with Crippen LogP contribution in [0.25, 0.3) is 33.6 Å². The fourth-order valence-corrected chi connectivity index (χ4v) is 7.53. The van der Waals surface area contributed by atoms with Crippen molar-refractivity contribution in [2.24, 2.45) is 11.8 Å². The summed E-state index contributed by atoms with van der Waals surface area (Å²) in [6.07, 6.45) is 2.10. The van der Waals surface area contributed by atoms with Crippen LogP contribution in [-0.4, -0.2) is 81.7 Å². The van der Waals surface area contributed by atoms with Crippen LogP contribution in [0, 0.1) is 11.8 Å². The maximum absolute atomic E-state index is 13.7. The van der Waals surface area contributed by atoms with Gasteiger partial charge in [-0.3, -0.25) is 9.59 Å². The average Bonchev–Trinajstić information content (AvgIpc) is 3.86. The number of aryl methyl sites for hydroxylation is 2. The average molecular weight is 768 g/mol. The van der Waals surface area contributed by atoms with E-state index in [4.69, 9.17) is 9.72 Å². The highest BCUT2D eigenvalue weighted by atomic mass is 16.5. The Bertz CT molecular complexity index is 2120. The third kappa shape index (κ3) is 7.93. The first-order valence-electron chi connectivity index (χ1n) is 19.2. The zero-order chi connectivity index (χ0) is 40.4. The van der Waals surface area contributed by atoms with Crippen molar-refractivity contribution in [2.45, 2.75) is 92.0 Å². The number of methoxy groups -OCH3 is 2. The van der Waals surface area contributed by atoms with Crippen LogP contribution in [0.4, 0.5) is 15.3 Å². The molecular formula is C41H53N9O6. The Morgan fingerprint density at radius 1 is 0.804 bits per heavy atom. The van der Waals surface area contributed by atoms with Crippen molar-refractivity contribution in [3.8, 4) is 33.6 Å². The van der Waals surface area contributed by atoms with Crippen molar-refractivity contribution < 1.29 is 28.7 Å². The Hall–Kier alpha value is -5.86. The minimum absolute atomic E-state index is 0.133. The number of likely N-dealkylation sites (N-methyl/N-ethyl adjacent to an activating group) is 1. The number of aromatic amines is 2. The summed E-state index contributed by atoms with van der Waals surface area (Å²) in [6.45, 7) is 14.3. The van der Waals surface area contributed by atoms with E-state index in [1.54, 1.807) is 11.1 Å². The zero-order valence-corrected chi connectivity index (χ0v) is 33.5. The number of ether oxygens (including phenoxy) is 2. The van der Waals surface area contributed by atoms with E-state index in [1.807, 2.05) is 48.5 Å². The molecule has 1 aliphatic heterocycles. The van der Waals surface area contributed by atoms with Gasteiger partial charge in [0.2, 0.25) is 11.8 Å². The first kappa shape index (κ1) is 39.8. The summed E-state index contributed by atoms with van der Waals surface area (Å²) in [4.78, 5) is 68.8. The number of amides is 4. The second-order valence-corrected chi connectivity index (χ2v) is 15.2. The van der Waals surface area contributed by atoms with E-state index in [9.17, 15) is 19.2 Å². The number of anilines is 1. The van der Waals surface area contributed by atoms with Crippen LogP contribution in [0.1, 0.15) is 89.0 Å². The first-order chi connectivity index (χ1) is 26.7. The largest absolute Gasteiger partial charge is 0.453 e. The molecule has 0 spiro atoms. The molecule has 298 valence electrons. The normalized spacial score (nSPS) is 14.8. The lowest BCUT2D eigenvalue weighted by Gasteiger charge is -2.32. The Morgan fingerprint density at radius 2 is 1.50 bits per heavy atom. The molecule has 4 aromatic rings. The molecule has 0 saturated carbocycles. The summed E-state index contributed by atoms with van der Waals surface area (Å²) in [5.74, 6) is 0.518. The topological polar surface area (TPSA) is 195 Å². The molecule has 4 amide bonds. The number of fused-ring (bicyclic) bond motifs is 6. The van der Waals surface area contributed by atoms with Crippen LogP contribution in [0.3, 0.4) is 0 Å². The first-order valence-corrected chi connectivity index (χ1v) is 19.2. The maximum Gasteiger partial charge on any atom is 0.407 e. The van der Waals surface area contributed by atoms with Crippen LogP contribution in [0.5, 0.6) is 0 Å². The van der Waals surface area contributed by atoms with Gasteiger partial charge in [-0.15, -0.1) is 0 Å². The van der Waals surface area contributed by atoms with E-state index in [0.29, 0.717) is 24.7 Å². The Morgan fingerprint density at radius 3 is 2.16 bits per heavy atom. The fraction of sp³-hybridized carbons (Fsp3) is 0.463. The van der Waals surface area contributed by atoms with Gasteiger partial charge in [-0.2, -0.15) is 0 Å². The second-order valence-electron chi connectivity index (χ2n) is 15.2. The number of nitrogens with one attached hydrogen (secondary N) is 6. The minimum atomic E-state index is -0.751. The van der Waals surface area contributed by atoms with Crippen molar-refractivity contribution in [2.75, 3.05) is 26.1 Å². The van der Waals surface area contributed by atoms with E-state index in [2.05, 4.69) is 71.3 Å². The number of hydrogen-bond donors (Lipinski definition) is 6. The summed E-state index contributed by atoms with van der Waals surface area (Å²) < 4.78 is 9.46. The van der Waals surface area contributed by atoms with Crippen LogP contribution in [-0.2, 0) is 38.4 Å². The van der Waals surface area contributed by atoms with Gasteiger partial charge < -0.3 is 45.6 Å². The van der Waals surface area contributed by atoms with Gasteiger partial charge in [0, 0.05) is 35.6 Å². The molecule has 15 nitrogen and oxygen atoms in total. The molecule has 0 saturated heterocycles. The Labute approximate surface area is 327 Å². The number of alkyl carbamates (subject to hydrolysis) is 2. The van der Waals surface area contributed by atoms with E-state index in [-0.39, 0.29) is 29.7 Å². The summed E-state index contributed by atoms with van der Waals surface area (Å²) in [6, 6.07) is 8.58. The molecule has 0 bridgehead atoms. The van der Waals surface area contributed by atoms with Gasteiger partial charge in [-0.1, -0.05) is 39.8 Å². The van der Waals surface area contributed by atoms with Crippen LogP contribution in [0.2, 0.25) is 0 Å². The van der Waals surface area contributed by atoms with Crippen molar-refractivity contribution >= 4 is 29.7 Å². The molecule has 0 radical (unpaired) electrons. The van der Waals surface area contributed by atoms with Crippen LogP contribution < -0.4 is 21.3 Å². The molecule has 4 unspecified atom stereocenters. The number of benzene rings is 2. The number of carbonyl (C=O) groups is 4. The summed E-state index contributed by atoms with van der Waals surface area (Å²) in [5.41, 5.74) is 10.5. The zero-order valence-electron chi connectivity index (χ0n) is 33.5. The van der Waals surface area contributed by atoms with Gasteiger partial charge in [0.25, 0.3) is 0 Å². The Kier molecular flexibility index (Phi) is 11.7. The smallest absolute Gasteiger partial charge is 0.407 e. The van der Waals surface area contributed by atoms with Crippen molar-refractivity contribution in [1.82, 2.24) is 40.8 Å². The van der Waals surface area contributed by atoms with Gasteiger partial charge in [0.05, 0.1) is 43.9 Å². The van der Waals surface area contributed by atoms with Crippen molar-refractivity contribution in [3.63, 3.8) is 0 Å². The molecule has 6 N–H and O–H groups in total. The van der Waals surface area contributed by atoms with Gasteiger partial charge in [-0.05, 0) is 85.9 Å². The standard InChI is InChI=1S/C41H53N9O6/c1-10-50(39(52)34(21(4)5)49-41(54)56-9)23(7)37-45-30-14-12-24-16-29-27-13-11-25(15-26(27)18-42-31(29)17-28(24)35(30)47-37)32-19-43-36(46-32)22(6)44-38(51)33(20(2)3)48-40(53)55-8/h11,13,15-17,19-23,33-34,42H,10,12,14,18H2,1-9H3,(H,43,46)(H,44,51)(H,45,47)(H,48,53)(H,49,54). The van der Waals surface area contributed by atoms with Crippen LogP contribution >= 0.6 is 0 Å². The van der Waals surface area contributed by atoms with Crippen molar-refractivity contribution in [1.29, 1.82) is 0 Å². The molecule has 2 aliphatic rings. The third-order valence-corrected chi connectivity index (χ3v) is 10.8. The van der Waals surface area contributed by atoms with E-state index in [0.717, 1.165) is 63.4 Å². The lowest BCUT2D eigenvalue weighted by Crippen LogP contribution is -2.51. The van der Waals surface area contributed by atoms with Gasteiger partial charge in [0.1, 0.15) is 23.7 Å². The molecule has 15 heteroatoms. The lowest BCUT2D eigenvalue weighted by atomic mass is 9.85. The van der Waals surface area contributed by atoms with E-state index in [1.165, 1.54) is 19.8 Å². The molecule has 3 heterocycles. The minimum Gasteiger partial charge on any atom is -0.453 e. The summed E-state index contributed by atoms with van der Waals surface area (Å²) in [7, 11) is 2.55. The summed E-state index contributed by atoms with van der Waals surface area (Å²) in [5, 5.41) is 11.9. The predicted molar refractivity (Wildman–Crippen MR) is 212 cm³/mol. The number of rotatable bonds is 12. The highest BCUT2D eigenvalue weighted by Crippen LogP contribution is 2.43. The number of carbonyl (C=O) groups excluding carboxylic acids is 4. The monoisotopic (exact) mass is 767 g/mol. The highest BCUT2D eigenvalue weighted by Gasteiger charge is 2.34. The van der Waals surface area contributed by atoms with Gasteiger partial charge in [-0.25, -0.2) is 19.6 Å². The molecule has 6 rings (SSSR count). The number of H-pyrrole nitrogens is 2. The Balaban J connectivity index is 1.20. The van der Waals surface area contributed by atoms with E-state index >= 15 is 0 Å². The quantitative estimate of drug-likeness (QED) is 0.100. The molecular weight excluding hydrogens is 715 g/mol. The SMILES string of the molecule is CCN(C(=O)C(NC(=O)OC)C(C)C)C(C)c1nc2c([nH]1)CCc1cc3c(cc1-2)NCc1cc(-c2cnc(C(C)NC(=O)C(NC(=O)OC)C(C)C)[nH]2)ccc1-3. The molecule has 1 aliphatic carbocycles. The van der Waals surface area contributed by atoms with Gasteiger partial charge >= 0.3 is 12.2 Å². The maximum atomic E-state index is 13.7. The highest BCUT2D eigenvalue weighted by molar-refractivity contribution is 5.90. The molecule has 4 atom stereocenters. The van der Waals surface area contributed by atoms with E-state index < -0.39 is 30.3 Å². The lowest BCUT2D eigenvalue weighted by molar-refractivity contribution is -0.136. The van der Waals surface area contributed by atoms with Gasteiger partial charge in [0.15, 0.2) is 0 Å². The number of imidazole rings is 2. The second kappa shape index (κ2) is 16.5. The molecule has 56 heavy (non-hydrogen) atoms. The molecule has 2 aromatic carbocycles. The number of hydrogen-bond acceptors (Lipinski definition) is 9. The molecule has 0 fully saturated rings. The predicted octanol–water partition coefficient (Wildman–Crippen LogP) is 6.01. The van der Waals surface area contributed by atoms with Crippen molar-refractivity contribution in [3.05, 3.63) is 65.0 Å².